The van der Waals surface area contributed by atoms with Gasteiger partial charge in [-0.3, -0.25) is 14.2 Å². The summed E-state index contributed by atoms with van der Waals surface area (Å²) in [5, 5.41) is 23.7. The number of hydrogen-bond donors (Lipinski definition) is 0. The number of aryl methyl sites for hydroxylation is 4. The summed E-state index contributed by atoms with van der Waals surface area (Å²) in [5.41, 5.74) is 9.97. The zero-order valence-electron chi connectivity index (χ0n) is 37.3. The van der Waals surface area contributed by atoms with Crippen LogP contribution in [0.2, 0.25) is 0 Å². The molecule has 15 heteroatoms. The van der Waals surface area contributed by atoms with Crippen LogP contribution in [0, 0.1) is 27.7 Å². The van der Waals surface area contributed by atoms with Crippen LogP contribution in [-0.4, -0.2) is 77.8 Å². The third-order valence-corrected chi connectivity index (χ3v) is 13.9. The Kier molecular flexibility index (Phi) is 12.1. The molecule has 0 bridgehead atoms. The minimum absolute atomic E-state index is 0.180. The predicted molar refractivity (Wildman–Crippen MR) is 260 cm³/mol. The Bertz CT molecular complexity index is 2870. The molecule has 66 heavy (non-hydrogen) atoms. The van der Waals surface area contributed by atoms with Crippen LogP contribution in [-0.2, 0) is 17.9 Å². The molecular weight excluding hydrogens is 861 g/mol. The van der Waals surface area contributed by atoms with Crippen LogP contribution < -0.4 is 0 Å². The molecule has 0 N–H and O–H groups in total. The smallest absolute Gasteiger partial charge is 0.153 e. The number of hydrogen-bond acceptors (Lipinski definition) is 11. The average Bonchev–Trinajstić information content (AvgIpc) is 4.21. The van der Waals surface area contributed by atoms with E-state index < -0.39 is 0 Å². The fourth-order valence-electron chi connectivity index (χ4n) is 8.83. The molecule has 0 spiro atoms. The summed E-state index contributed by atoms with van der Waals surface area (Å²) in [6.45, 7) is 10.2. The zero-order valence-corrected chi connectivity index (χ0v) is 39.0. The van der Waals surface area contributed by atoms with Crippen molar-refractivity contribution < 1.29 is 4.79 Å². The molecule has 2 aliphatic heterocycles. The van der Waals surface area contributed by atoms with Crippen molar-refractivity contribution >= 4 is 39.6 Å². The van der Waals surface area contributed by atoms with E-state index in [1.54, 1.807) is 35.1 Å². The first-order valence-electron chi connectivity index (χ1n) is 22.1. The van der Waals surface area contributed by atoms with Gasteiger partial charge in [-0.1, -0.05) is 36.4 Å². The first-order chi connectivity index (χ1) is 32.2. The second-order valence-corrected chi connectivity index (χ2v) is 18.8. The Morgan fingerprint density at radius 2 is 1.06 bits per heavy atom. The summed E-state index contributed by atoms with van der Waals surface area (Å²) in [6, 6.07) is 28.5. The largest absolute Gasteiger partial charge is 0.353 e. The molecule has 0 amide bonds. The molecule has 2 atom stereocenters. The van der Waals surface area contributed by atoms with Crippen LogP contribution in [0.5, 0.6) is 0 Å². The molecule has 10 rings (SSSR count). The zero-order chi connectivity index (χ0) is 45.1. The lowest BCUT2D eigenvalue weighted by Gasteiger charge is -2.30. The lowest BCUT2D eigenvalue weighted by atomic mass is 9.89. The molecule has 0 saturated heterocycles. The van der Waals surface area contributed by atoms with Crippen LogP contribution in [0.4, 0.5) is 0 Å². The minimum Gasteiger partial charge on any atom is -0.353 e. The molecule has 0 aliphatic carbocycles. The summed E-state index contributed by atoms with van der Waals surface area (Å²) in [5.74, 6) is 0.881. The summed E-state index contributed by atoms with van der Waals surface area (Å²) >= 11 is 3.27. The maximum absolute atomic E-state index is 15.4. The van der Waals surface area contributed by atoms with Crippen molar-refractivity contribution in [1.82, 2.24) is 58.9 Å². The van der Waals surface area contributed by atoms with Gasteiger partial charge in [-0.15, -0.1) is 22.7 Å². The molecule has 0 fully saturated rings. The topological polar surface area (TPSA) is 121 Å². The maximum Gasteiger partial charge on any atom is 0.153 e. The fourth-order valence-corrected chi connectivity index (χ4v) is 10.5. The molecule has 0 aromatic carbocycles. The molecule has 2 aliphatic rings. The number of ketones is 1. The Hall–Kier alpha value is -7.23. The number of nitrogens with zero attached hydrogens (tertiary/aromatic N) is 12. The van der Waals surface area contributed by atoms with Gasteiger partial charge in [0.15, 0.2) is 17.4 Å². The molecule has 2 unspecified atom stereocenters. The average molecular weight is 911 g/mol. The molecule has 13 nitrogen and oxygen atoms in total. The van der Waals surface area contributed by atoms with E-state index >= 15 is 4.79 Å². The van der Waals surface area contributed by atoms with E-state index in [-0.39, 0.29) is 17.6 Å². The summed E-state index contributed by atoms with van der Waals surface area (Å²) in [4.78, 5) is 31.2. The van der Waals surface area contributed by atoms with E-state index in [9.17, 15) is 0 Å². The number of carbonyl (C=O) groups excluding carboxylic acids is 1. The number of allylic oxidation sites excluding steroid dienone is 4. The van der Waals surface area contributed by atoms with Crippen molar-refractivity contribution in [3.8, 4) is 11.6 Å². The highest BCUT2D eigenvalue weighted by molar-refractivity contribution is 7.10. The highest BCUT2D eigenvalue weighted by Gasteiger charge is 2.34. The van der Waals surface area contributed by atoms with E-state index in [1.807, 2.05) is 81.1 Å². The second kappa shape index (κ2) is 18.7. The molecule has 0 radical (unpaired) electrons. The highest BCUT2D eigenvalue weighted by Crippen LogP contribution is 2.36. The molecule has 8 aromatic rings. The van der Waals surface area contributed by atoms with Crippen molar-refractivity contribution in [3.05, 3.63) is 200 Å². The standard InChI is InChI=1S/C51H50N12OS2/c1-35-25-37(3)60(54-35)31-41-27-45(62(56-41)49-17-5-7-19-52-49)39-13-9-21-58(29-39)33-43(47-15-11-23-65-47)51(64)44(48-16-12-24-66-48)34-59-22-10-14-40(30-59)46-28-42(32-61-38(4)26-36(2)55-61)57-63(46)50-18-6-8-20-53-50/h5-12,15-30,43-44H,13-14,31-34H2,1-4H3. The molecule has 332 valence electrons. The van der Waals surface area contributed by atoms with Crippen molar-refractivity contribution in [2.24, 2.45) is 0 Å². The normalized spacial score (nSPS) is 14.7. The van der Waals surface area contributed by atoms with Gasteiger partial charge in [0.2, 0.25) is 0 Å². The monoisotopic (exact) mass is 910 g/mol. The van der Waals surface area contributed by atoms with Crippen LogP contribution in [0.15, 0.2) is 145 Å². The van der Waals surface area contributed by atoms with Crippen LogP contribution in [0.1, 0.15) is 80.0 Å². The number of carbonyl (C=O) groups is 1. The fraction of sp³-hybridized carbons (Fsp3) is 0.235. The quantitative estimate of drug-likeness (QED) is 0.0934. The molecule has 0 saturated carbocycles. The number of aromatic nitrogens is 10. The number of rotatable bonds is 16. The lowest BCUT2D eigenvalue weighted by Crippen LogP contribution is -2.33. The van der Waals surface area contributed by atoms with Gasteiger partial charge in [-0.2, -0.15) is 20.4 Å². The minimum atomic E-state index is -0.389. The second-order valence-electron chi connectivity index (χ2n) is 16.8. The summed E-state index contributed by atoms with van der Waals surface area (Å²) in [6.07, 6.45) is 17.9. The first kappa shape index (κ1) is 42.7. The van der Waals surface area contributed by atoms with Gasteiger partial charge in [0, 0.05) is 59.0 Å². The van der Waals surface area contributed by atoms with Crippen molar-refractivity contribution in [1.29, 1.82) is 0 Å². The van der Waals surface area contributed by atoms with Gasteiger partial charge >= 0.3 is 0 Å². The predicted octanol–water partition coefficient (Wildman–Crippen LogP) is 9.65. The Morgan fingerprint density at radius 3 is 1.44 bits per heavy atom. The van der Waals surface area contributed by atoms with E-state index in [4.69, 9.17) is 20.4 Å². The van der Waals surface area contributed by atoms with Gasteiger partial charge in [-0.25, -0.2) is 19.3 Å². The highest BCUT2D eigenvalue weighted by atomic mass is 32.1. The van der Waals surface area contributed by atoms with Crippen molar-refractivity contribution in [3.63, 3.8) is 0 Å². The van der Waals surface area contributed by atoms with Crippen LogP contribution >= 0.6 is 22.7 Å². The van der Waals surface area contributed by atoms with E-state index in [2.05, 4.69) is 118 Å². The third kappa shape index (κ3) is 9.17. The van der Waals surface area contributed by atoms with Gasteiger partial charge in [0.05, 0.1) is 59.1 Å². The Morgan fingerprint density at radius 1 is 0.591 bits per heavy atom. The van der Waals surface area contributed by atoms with Gasteiger partial charge in [0.1, 0.15) is 0 Å². The number of pyridine rings is 2. The molecular formula is C51H50N12OS2. The van der Waals surface area contributed by atoms with Crippen LogP contribution in [0.3, 0.4) is 0 Å². The first-order valence-corrected chi connectivity index (χ1v) is 23.9. The lowest BCUT2D eigenvalue weighted by molar-refractivity contribution is -0.122. The van der Waals surface area contributed by atoms with Gasteiger partial charge in [0.25, 0.3) is 0 Å². The van der Waals surface area contributed by atoms with Crippen molar-refractivity contribution in [2.45, 2.75) is 65.5 Å². The number of thiophene rings is 2. The van der Waals surface area contributed by atoms with Gasteiger partial charge < -0.3 is 9.80 Å². The molecule has 10 heterocycles. The summed E-state index contributed by atoms with van der Waals surface area (Å²) in [7, 11) is 0. The summed E-state index contributed by atoms with van der Waals surface area (Å²) < 4.78 is 7.83. The van der Waals surface area contributed by atoms with E-state index in [1.165, 1.54) is 0 Å². The SMILES string of the molecule is Cc1cc(C)n(Cc2cc(C3=CN(CC(C(=O)C(CN4C=CCC(c5cc(Cn6nc(C)cc6C)nn5-c5ccccn5)=C4)c4cccs4)c4cccs4)C=CC3)n(-c3ccccn3)n2)n1. The maximum atomic E-state index is 15.4. The van der Waals surface area contributed by atoms with E-state index in [0.717, 1.165) is 78.1 Å². The van der Waals surface area contributed by atoms with Gasteiger partial charge in [-0.05, 0) is 136 Å². The van der Waals surface area contributed by atoms with Crippen LogP contribution in [0.25, 0.3) is 22.8 Å². The Labute approximate surface area is 392 Å². The van der Waals surface area contributed by atoms with Crippen molar-refractivity contribution in [2.75, 3.05) is 13.1 Å². The van der Waals surface area contributed by atoms with E-state index in [0.29, 0.717) is 39.0 Å². The third-order valence-electron chi connectivity index (χ3n) is 11.9. The molecule has 8 aromatic heterocycles. The Balaban J connectivity index is 0.944. The number of Topliss-reactive ketones (excluding diaryl/α,β-unsaturated/α-hetero) is 1.